The van der Waals surface area contributed by atoms with E-state index in [-0.39, 0.29) is 32.7 Å². The van der Waals surface area contributed by atoms with Gasteiger partial charge in [0.05, 0.1) is 0 Å². The zero-order valence-corrected chi connectivity index (χ0v) is 10.3. The van der Waals surface area contributed by atoms with E-state index in [9.17, 15) is 0 Å². The molecule has 0 aliphatic heterocycles. The Hall–Kier alpha value is 1.10. The molecule has 0 aromatic heterocycles. The molecule has 0 saturated heterocycles. The van der Waals surface area contributed by atoms with Gasteiger partial charge in [0.2, 0.25) is 0 Å². The van der Waals surface area contributed by atoms with E-state index in [2.05, 4.69) is 34.1 Å². The molecule has 0 aromatic carbocycles. The van der Waals surface area contributed by atoms with Crippen LogP contribution >= 0.6 is 0 Å². The van der Waals surface area contributed by atoms with E-state index in [1.54, 1.807) is 0 Å². The first-order chi connectivity index (χ1) is 4.13. The summed E-state index contributed by atoms with van der Waals surface area (Å²) in [4.78, 5) is 0. The summed E-state index contributed by atoms with van der Waals surface area (Å²) in [7, 11) is 0. The Bertz CT molecular complexity index is 84.1. The summed E-state index contributed by atoms with van der Waals surface area (Å²) in [6, 6.07) is 0. The Balaban J connectivity index is 0.000000810. The molecule has 1 aliphatic carbocycles. The molecular weight excluding hydrogens is 197 g/mol. The first-order valence-corrected chi connectivity index (χ1v) is 3.98. The Labute approximate surface area is 90.0 Å². The van der Waals surface area contributed by atoms with Crippen molar-refractivity contribution in [3.8, 4) is 0 Å². The van der Waals surface area contributed by atoms with Crippen LogP contribution in [0.5, 0.6) is 0 Å². The van der Waals surface area contributed by atoms with E-state index in [0.717, 1.165) is 23.7 Å². The first-order valence-electron chi connectivity index (χ1n) is 3.98. The van der Waals surface area contributed by atoms with Crippen LogP contribution in [0.4, 0.5) is 0 Å². The molecule has 1 fully saturated rings. The van der Waals surface area contributed by atoms with E-state index in [4.69, 9.17) is 0 Å². The number of rotatable bonds is 1. The van der Waals surface area contributed by atoms with Crippen LogP contribution in [0.15, 0.2) is 0 Å². The third-order valence-corrected chi connectivity index (χ3v) is 2.59. The van der Waals surface area contributed by atoms with Crippen LogP contribution < -0.4 is 0 Å². The van der Waals surface area contributed by atoms with Crippen LogP contribution in [0.3, 0.4) is 0 Å². The second-order valence-electron chi connectivity index (χ2n) is 3.73. The van der Waals surface area contributed by atoms with Crippen molar-refractivity contribution >= 4 is 0 Å². The van der Waals surface area contributed by atoms with Crippen molar-refractivity contribution in [1.29, 1.82) is 0 Å². The van der Waals surface area contributed by atoms with Gasteiger partial charge >= 0.3 is 0 Å². The van der Waals surface area contributed by atoms with Gasteiger partial charge < -0.3 is 6.42 Å². The fourth-order valence-corrected chi connectivity index (χ4v) is 2.28. The van der Waals surface area contributed by atoms with Gasteiger partial charge in [0.15, 0.2) is 0 Å². The van der Waals surface area contributed by atoms with Crippen molar-refractivity contribution in [2.75, 3.05) is 0 Å². The number of hydrogen-bond donors (Lipinski definition) is 0. The van der Waals surface area contributed by atoms with Crippen molar-refractivity contribution in [3.63, 3.8) is 0 Å². The summed E-state index contributed by atoms with van der Waals surface area (Å²) in [6.07, 6.45) is 2.45. The molecule has 1 rings (SSSR count). The second kappa shape index (κ2) is 4.21. The predicted molar refractivity (Wildman–Crippen MR) is 41.0 cm³/mol. The summed E-state index contributed by atoms with van der Waals surface area (Å²) >= 11 is 0. The molecule has 0 amide bonds. The van der Waals surface area contributed by atoms with Gasteiger partial charge in [-0.3, -0.25) is 0 Å². The summed E-state index contributed by atoms with van der Waals surface area (Å²) in [5, 5.41) is 0. The number of hydrogen-bond acceptors (Lipinski definition) is 0. The molecule has 57 valence electrons. The van der Waals surface area contributed by atoms with Crippen LogP contribution in [0.1, 0.15) is 27.7 Å². The first kappa shape index (κ1) is 11.1. The standard InChI is InChI=1S/C9H17.Y/c1-6(2)9-7(3)5-8(9)4;/h5-9H,1-4H3;/q-1;. The van der Waals surface area contributed by atoms with E-state index >= 15 is 0 Å². The predicted octanol–water partition coefficient (Wildman–Crippen LogP) is 2.75. The Morgan fingerprint density at radius 3 is 1.60 bits per heavy atom. The van der Waals surface area contributed by atoms with Gasteiger partial charge in [0, 0.05) is 32.7 Å². The summed E-state index contributed by atoms with van der Waals surface area (Å²) < 4.78 is 0. The second-order valence-corrected chi connectivity index (χ2v) is 3.73. The summed E-state index contributed by atoms with van der Waals surface area (Å²) in [6.45, 7) is 9.30. The molecule has 1 radical (unpaired) electrons. The average Bonchev–Trinajstić information content (AvgIpc) is 1.62. The van der Waals surface area contributed by atoms with Gasteiger partial charge in [-0.1, -0.05) is 33.6 Å². The van der Waals surface area contributed by atoms with Gasteiger partial charge in [-0.15, -0.1) is 0 Å². The molecule has 1 heteroatoms. The van der Waals surface area contributed by atoms with Crippen molar-refractivity contribution in [3.05, 3.63) is 6.42 Å². The monoisotopic (exact) mass is 214 g/mol. The fourth-order valence-electron chi connectivity index (χ4n) is 2.28. The maximum atomic E-state index is 2.45. The molecule has 0 nitrogen and oxygen atoms in total. The zero-order valence-electron chi connectivity index (χ0n) is 7.46. The molecule has 1 aliphatic rings. The summed E-state index contributed by atoms with van der Waals surface area (Å²) in [5.41, 5.74) is 0. The minimum Gasteiger partial charge on any atom is -0.323 e. The quantitative estimate of drug-likeness (QED) is 0.589. The Morgan fingerprint density at radius 1 is 1.10 bits per heavy atom. The Kier molecular flexibility index (Phi) is 4.67. The van der Waals surface area contributed by atoms with Crippen LogP contribution in [0.25, 0.3) is 0 Å². The van der Waals surface area contributed by atoms with Crippen LogP contribution in [0, 0.1) is 30.1 Å². The van der Waals surface area contributed by atoms with Crippen molar-refractivity contribution in [2.24, 2.45) is 23.7 Å². The normalized spacial score (nSPS) is 38.7. The third-order valence-electron chi connectivity index (χ3n) is 2.59. The van der Waals surface area contributed by atoms with Crippen LogP contribution in [-0.2, 0) is 32.7 Å². The SMILES string of the molecule is CC(C)C1C(C)[CH-]C1C.[Y]. The van der Waals surface area contributed by atoms with Gasteiger partial charge in [0.1, 0.15) is 0 Å². The largest absolute Gasteiger partial charge is 0.323 e. The minimum atomic E-state index is 0. The van der Waals surface area contributed by atoms with Gasteiger partial charge in [0.25, 0.3) is 0 Å². The molecule has 0 N–H and O–H groups in total. The maximum absolute atomic E-state index is 2.45. The fraction of sp³-hybridized carbons (Fsp3) is 0.889. The molecular formula is C9H17Y-. The van der Waals surface area contributed by atoms with Crippen molar-refractivity contribution < 1.29 is 32.7 Å². The minimum absolute atomic E-state index is 0. The Morgan fingerprint density at radius 2 is 1.50 bits per heavy atom. The van der Waals surface area contributed by atoms with Gasteiger partial charge in [-0.05, 0) is 5.92 Å². The van der Waals surface area contributed by atoms with E-state index in [0.29, 0.717) is 0 Å². The van der Waals surface area contributed by atoms with Crippen molar-refractivity contribution in [2.45, 2.75) is 27.7 Å². The zero-order chi connectivity index (χ0) is 7.02. The van der Waals surface area contributed by atoms with Crippen LogP contribution in [0.2, 0.25) is 0 Å². The maximum Gasteiger partial charge on any atom is 0 e. The molecule has 1 saturated carbocycles. The average molecular weight is 214 g/mol. The van der Waals surface area contributed by atoms with Crippen LogP contribution in [-0.4, -0.2) is 0 Å². The molecule has 0 spiro atoms. The van der Waals surface area contributed by atoms with Crippen molar-refractivity contribution in [1.82, 2.24) is 0 Å². The smallest absolute Gasteiger partial charge is 0 e. The molecule has 2 unspecified atom stereocenters. The molecule has 2 atom stereocenters. The molecule has 0 aromatic rings. The van der Waals surface area contributed by atoms with Gasteiger partial charge in [-0.25, -0.2) is 0 Å². The molecule has 0 bridgehead atoms. The van der Waals surface area contributed by atoms with Gasteiger partial charge in [-0.2, -0.15) is 11.8 Å². The molecule has 10 heavy (non-hydrogen) atoms. The summed E-state index contributed by atoms with van der Waals surface area (Å²) in [5.74, 6) is 3.59. The topological polar surface area (TPSA) is 0 Å². The third kappa shape index (κ3) is 2.04. The van der Waals surface area contributed by atoms with E-state index < -0.39 is 0 Å². The molecule has 0 heterocycles. The van der Waals surface area contributed by atoms with E-state index in [1.807, 2.05) is 0 Å². The van der Waals surface area contributed by atoms with E-state index in [1.165, 1.54) is 0 Å².